The van der Waals surface area contributed by atoms with Crippen molar-refractivity contribution >= 4 is 17.4 Å². The van der Waals surface area contributed by atoms with Gasteiger partial charge in [0, 0.05) is 31.4 Å². The Labute approximate surface area is 113 Å². The Morgan fingerprint density at radius 1 is 1.61 bits per heavy atom. The summed E-state index contributed by atoms with van der Waals surface area (Å²) in [6, 6.07) is 2.35. The number of pyridine rings is 1. The second-order valence-corrected chi connectivity index (χ2v) is 5.37. The van der Waals surface area contributed by atoms with Crippen molar-refractivity contribution in [2.45, 2.75) is 25.5 Å². The molecule has 0 aromatic carbocycles. The van der Waals surface area contributed by atoms with E-state index in [0.29, 0.717) is 11.1 Å². The van der Waals surface area contributed by atoms with Crippen molar-refractivity contribution < 1.29 is 5.11 Å². The van der Waals surface area contributed by atoms with Gasteiger partial charge in [0.2, 0.25) is 0 Å². The molecule has 0 aliphatic carbocycles. The second-order valence-electron chi connectivity index (χ2n) is 4.96. The van der Waals surface area contributed by atoms with Crippen LogP contribution in [0.4, 0.5) is 5.82 Å². The van der Waals surface area contributed by atoms with Gasteiger partial charge in [0.15, 0.2) is 0 Å². The Bertz CT molecular complexity index is 413. The molecule has 5 heteroatoms. The van der Waals surface area contributed by atoms with Gasteiger partial charge in [-0.25, -0.2) is 4.98 Å². The number of nitrogens with zero attached hydrogens (tertiary/aromatic N) is 3. The van der Waals surface area contributed by atoms with Crippen molar-refractivity contribution in [1.82, 2.24) is 9.88 Å². The Balaban J connectivity index is 2.14. The number of likely N-dealkylation sites (tertiary alicyclic amines) is 1. The molecular formula is C13H20ClN3O. The number of hydrogen-bond acceptors (Lipinski definition) is 4. The number of aliphatic hydroxyl groups excluding tert-OH is 1. The van der Waals surface area contributed by atoms with Gasteiger partial charge >= 0.3 is 0 Å². The largest absolute Gasteiger partial charge is 0.392 e. The minimum absolute atomic E-state index is 0.0488. The summed E-state index contributed by atoms with van der Waals surface area (Å²) in [5.74, 6) is 0.878. The Hall–Kier alpha value is -0.840. The average molecular weight is 270 g/mol. The number of anilines is 1. The van der Waals surface area contributed by atoms with Gasteiger partial charge in [-0.2, -0.15) is 0 Å². The quantitative estimate of drug-likeness (QED) is 0.908. The molecule has 1 saturated heterocycles. The van der Waals surface area contributed by atoms with Crippen molar-refractivity contribution in [2.75, 3.05) is 32.1 Å². The molecule has 1 aliphatic rings. The molecule has 0 radical (unpaired) electrons. The third-order valence-electron chi connectivity index (χ3n) is 3.60. The summed E-state index contributed by atoms with van der Waals surface area (Å²) in [5.41, 5.74) is 0.734. The van der Waals surface area contributed by atoms with E-state index in [1.54, 1.807) is 6.20 Å². The molecule has 0 saturated carbocycles. The molecule has 18 heavy (non-hydrogen) atoms. The first-order chi connectivity index (χ1) is 8.61. The predicted molar refractivity (Wildman–Crippen MR) is 74.1 cm³/mol. The molecule has 100 valence electrons. The highest BCUT2D eigenvalue weighted by atomic mass is 35.5. The van der Waals surface area contributed by atoms with E-state index >= 15 is 0 Å². The summed E-state index contributed by atoms with van der Waals surface area (Å²) in [6.07, 6.45) is 4.01. The van der Waals surface area contributed by atoms with Gasteiger partial charge in [-0.15, -0.1) is 0 Å². The van der Waals surface area contributed by atoms with Crippen LogP contribution in [0, 0.1) is 0 Å². The molecule has 1 N–H and O–H groups in total. The zero-order valence-electron chi connectivity index (χ0n) is 10.9. The summed E-state index contributed by atoms with van der Waals surface area (Å²) in [4.78, 5) is 8.88. The maximum atomic E-state index is 9.24. The van der Waals surface area contributed by atoms with E-state index in [9.17, 15) is 5.11 Å². The molecule has 0 amide bonds. The molecule has 0 bridgehead atoms. The highest BCUT2D eigenvalue weighted by Gasteiger charge is 2.22. The van der Waals surface area contributed by atoms with Crippen LogP contribution in [-0.4, -0.2) is 48.2 Å². The molecule has 1 unspecified atom stereocenters. The van der Waals surface area contributed by atoms with Crippen LogP contribution in [-0.2, 0) is 6.61 Å². The van der Waals surface area contributed by atoms with Gasteiger partial charge in [-0.05, 0) is 32.5 Å². The number of aliphatic hydroxyl groups is 1. The fourth-order valence-electron chi connectivity index (χ4n) is 2.42. The molecule has 1 aliphatic heterocycles. The van der Waals surface area contributed by atoms with Crippen LogP contribution in [0.25, 0.3) is 0 Å². The number of rotatable bonds is 3. The van der Waals surface area contributed by atoms with Crippen molar-refractivity contribution in [2.24, 2.45) is 0 Å². The Morgan fingerprint density at radius 2 is 2.39 bits per heavy atom. The minimum atomic E-state index is -0.0488. The normalized spacial score (nSPS) is 21.0. The van der Waals surface area contributed by atoms with Crippen molar-refractivity contribution in [3.8, 4) is 0 Å². The lowest BCUT2D eigenvalue weighted by atomic mass is 10.0. The van der Waals surface area contributed by atoms with Crippen LogP contribution in [0.15, 0.2) is 12.3 Å². The molecule has 0 spiro atoms. The van der Waals surface area contributed by atoms with Crippen LogP contribution in [0.3, 0.4) is 0 Å². The monoisotopic (exact) mass is 269 g/mol. The van der Waals surface area contributed by atoms with Gasteiger partial charge in [0.05, 0.1) is 11.6 Å². The molecule has 1 fully saturated rings. The number of aromatic nitrogens is 1. The Kier molecular flexibility index (Phi) is 4.43. The molecule has 1 atom stereocenters. The molecular weight excluding hydrogens is 250 g/mol. The van der Waals surface area contributed by atoms with E-state index in [1.165, 1.54) is 19.4 Å². The maximum Gasteiger partial charge on any atom is 0.128 e. The zero-order valence-corrected chi connectivity index (χ0v) is 11.7. The number of hydrogen-bond donors (Lipinski definition) is 1. The highest BCUT2D eigenvalue weighted by molar-refractivity contribution is 6.31. The van der Waals surface area contributed by atoms with Crippen molar-refractivity contribution in [1.29, 1.82) is 0 Å². The first-order valence-corrected chi connectivity index (χ1v) is 6.66. The summed E-state index contributed by atoms with van der Waals surface area (Å²) in [7, 11) is 4.20. The topological polar surface area (TPSA) is 39.6 Å². The number of halogens is 1. The average Bonchev–Trinajstić information content (AvgIpc) is 2.38. The van der Waals surface area contributed by atoms with Gasteiger partial charge in [-0.1, -0.05) is 11.6 Å². The second kappa shape index (κ2) is 5.87. The highest BCUT2D eigenvalue weighted by Crippen LogP contribution is 2.23. The summed E-state index contributed by atoms with van der Waals surface area (Å²) < 4.78 is 0. The van der Waals surface area contributed by atoms with E-state index in [-0.39, 0.29) is 6.61 Å². The fourth-order valence-corrected chi connectivity index (χ4v) is 2.59. The lowest BCUT2D eigenvalue weighted by Gasteiger charge is -2.36. The van der Waals surface area contributed by atoms with E-state index in [2.05, 4.69) is 28.9 Å². The SMILES string of the molecule is CN1CCCC(N(C)c2cc(CO)c(Cl)cn2)C1. The van der Waals surface area contributed by atoms with Crippen LogP contribution < -0.4 is 4.90 Å². The van der Waals surface area contributed by atoms with Gasteiger partial charge in [-0.3, -0.25) is 0 Å². The van der Waals surface area contributed by atoms with E-state index < -0.39 is 0 Å². The molecule has 1 aromatic heterocycles. The predicted octanol–water partition coefficient (Wildman–Crippen LogP) is 1.76. The van der Waals surface area contributed by atoms with Crippen LogP contribution in [0.2, 0.25) is 5.02 Å². The van der Waals surface area contributed by atoms with E-state index in [1.807, 2.05) is 6.07 Å². The zero-order chi connectivity index (χ0) is 13.1. The molecule has 4 nitrogen and oxygen atoms in total. The standard InChI is InChI=1S/C13H20ClN3O/c1-16-5-3-4-11(8-16)17(2)13-6-10(9-18)12(14)7-15-13/h6-7,11,18H,3-5,8-9H2,1-2H3. The van der Waals surface area contributed by atoms with E-state index in [0.717, 1.165) is 17.9 Å². The van der Waals surface area contributed by atoms with Gasteiger partial charge in [0.1, 0.15) is 5.82 Å². The fraction of sp³-hybridized carbons (Fsp3) is 0.615. The van der Waals surface area contributed by atoms with Gasteiger partial charge in [0.25, 0.3) is 0 Å². The van der Waals surface area contributed by atoms with E-state index in [4.69, 9.17) is 11.6 Å². The summed E-state index contributed by atoms with van der Waals surface area (Å²) in [5, 5.41) is 9.76. The number of likely N-dealkylation sites (N-methyl/N-ethyl adjacent to an activating group) is 2. The molecule has 1 aromatic rings. The minimum Gasteiger partial charge on any atom is -0.392 e. The smallest absolute Gasteiger partial charge is 0.128 e. The maximum absolute atomic E-state index is 9.24. The summed E-state index contributed by atoms with van der Waals surface area (Å²) >= 11 is 5.96. The van der Waals surface area contributed by atoms with Crippen LogP contribution >= 0.6 is 11.6 Å². The molecule has 2 heterocycles. The lowest BCUT2D eigenvalue weighted by Crippen LogP contribution is -2.45. The third kappa shape index (κ3) is 2.94. The first-order valence-electron chi connectivity index (χ1n) is 6.28. The van der Waals surface area contributed by atoms with Crippen molar-refractivity contribution in [3.05, 3.63) is 22.8 Å². The lowest BCUT2D eigenvalue weighted by molar-refractivity contribution is 0.247. The van der Waals surface area contributed by atoms with Crippen LogP contribution in [0.1, 0.15) is 18.4 Å². The van der Waals surface area contributed by atoms with Gasteiger partial charge < -0.3 is 14.9 Å². The Morgan fingerprint density at radius 3 is 3.06 bits per heavy atom. The summed E-state index contributed by atoms with van der Waals surface area (Å²) in [6.45, 7) is 2.17. The molecule has 2 rings (SSSR count). The number of piperidine rings is 1. The van der Waals surface area contributed by atoms with Crippen molar-refractivity contribution in [3.63, 3.8) is 0 Å². The first kappa shape index (κ1) is 13.6. The van der Waals surface area contributed by atoms with Crippen LogP contribution in [0.5, 0.6) is 0 Å². The third-order valence-corrected chi connectivity index (χ3v) is 3.94.